The Bertz CT molecular complexity index is 961. The zero-order valence-corrected chi connectivity index (χ0v) is 14.8. The molecule has 0 N–H and O–H groups in total. The summed E-state index contributed by atoms with van der Waals surface area (Å²) in [5.41, 5.74) is 3.03. The molecule has 1 aromatic carbocycles. The predicted octanol–water partition coefficient (Wildman–Crippen LogP) is 2.52. The second kappa shape index (κ2) is 6.29. The number of amides is 2. The van der Waals surface area contributed by atoms with Crippen LogP contribution >= 0.6 is 0 Å². The highest BCUT2D eigenvalue weighted by molar-refractivity contribution is 6.02. The predicted molar refractivity (Wildman–Crippen MR) is 99.2 cm³/mol. The first-order valence-corrected chi connectivity index (χ1v) is 8.65. The number of anilines is 1. The van der Waals surface area contributed by atoms with Gasteiger partial charge in [-0.15, -0.1) is 0 Å². The molecular weight excluding hydrogens is 328 g/mol. The van der Waals surface area contributed by atoms with E-state index in [1.54, 1.807) is 16.0 Å². The highest BCUT2D eigenvalue weighted by atomic mass is 16.2. The van der Waals surface area contributed by atoms with Crippen molar-refractivity contribution in [1.82, 2.24) is 14.3 Å². The molecule has 1 aliphatic heterocycles. The second-order valence-corrected chi connectivity index (χ2v) is 6.68. The van der Waals surface area contributed by atoms with Gasteiger partial charge in [0.1, 0.15) is 17.9 Å². The molecule has 1 fully saturated rings. The van der Waals surface area contributed by atoms with Gasteiger partial charge in [-0.2, -0.15) is 0 Å². The number of nitrogens with zero attached hydrogens (tertiary/aromatic N) is 4. The third-order valence-corrected chi connectivity index (χ3v) is 4.77. The number of benzene rings is 1. The van der Waals surface area contributed by atoms with E-state index < -0.39 is 0 Å². The Hall–Kier alpha value is -3.15. The summed E-state index contributed by atoms with van der Waals surface area (Å²) < 4.78 is 1.81. The van der Waals surface area contributed by atoms with Gasteiger partial charge in [-0.1, -0.05) is 24.3 Å². The quantitative estimate of drug-likeness (QED) is 0.715. The van der Waals surface area contributed by atoms with Crippen molar-refractivity contribution >= 4 is 23.1 Å². The van der Waals surface area contributed by atoms with Crippen LogP contribution in [0.4, 0.5) is 5.69 Å². The fraction of sp³-hybridized carbons (Fsp3) is 0.250. The van der Waals surface area contributed by atoms with Crippen LogP contribution in [-0.2, 0) is 4.79 Å². The van der Waals surface area contributed by atoms with Crippen LogP contribution < -0.4 is 4.90 Å². The van der Waals surface area contributed by atoms with Gasteiger partial charge in [-0.05, 0) is 37.6 Å². The summed E-state index contributed by atoms with van der Waals surface area (Å²) in [7, 11) is 0. The Balaban J connectivity index is 1.58. The number of aromatic nitrogens is 2. The Morgan fingerprint density at radius 1 is 1.15 bits per heavy atom. The molecular formula is C20H20N4O2. The maximum absolute atomic E-state index is 12.8. The highest BCUT2D eigenvalue weighted by Crippen LogP contribution is 2.25. The smallest absolute Gasteiger partial charge is 0.274 e. The molecule has 0 saturated carbocycles. The van der Waals surface area contributed by atoms with Gasteiger partial charge in [0, 0.05) is 24.6 Å². The minimum atomic E-state index is -0.210. The van der Waals surface area contributed by atoms with Crippen molar-refractivity contribution in [2.45, 2.75) is 19.9 Å². The van der Waals surface area contributed by atoms with Crippen molar-refractivity contribution in [3.63, 3.8) is 0 Å². The number of aryl methyl sites for hydroxylation is 1. The molecule has 3 aromatic rings. The number of piperazine rings is 1. The molecule has 0 aliphatic carbocycles. The van der Waals surface area contributed by atoms with Crippen LogP contribution in [0, 0.1) is 6.92 Å². The first-order valence-electron chi connectivity index (χ1n) is 8.65. The van der Waals surface area contributed by atoms with Gasteiger partial charge in [0.05, 0.1) is 6.04 Å². The van der Waals surface area contributed by atoms with Crippen molar-refractivity contribution < 1.29 is 9.59 Å². The maximum Gasteiger partial charge on any atom is 0.274 e. The van der Waals surface area contributed by atoms with Crippen LogP contribution in [0.5, 0.6) is 0 Å². The number of hydrogen-bond donors (Lipinski definition) is 0. The van der Waals surface area contributed by atoms with Gasteiger partial charge in [0.2, 0.25) is 5.91 Å². The van der Waals surface area contributed by atoms with Crippen molar-refractivity contribution in [2.75, 3.05) is 18.0 Å². The van der Waals surface area contributed by atoms with E-state index in [2.05, 4.69) is 4.98 Å². The summed E-state index contributed by atoms with van der Waals surface area (Å²) >= 11 is 0. The zero-order chi connectivity index (χ0) is 18.3. The normalized spacial score (nSPS) is 17.8. The van der Waals surface area contributed by atoms with Gasteiger partial charge in [0.15, 0.2) is 0 Å². The monoisotopic (exact) mass is 348 g/mol. The van der Waals surface area contributed by atoms with Gasteiger partial charge < -0.3 is 14.2 Å². The van der Waals surface area contributed by atoms with E-state index in [4.69, 9.17) is 0 Å². The molecule has 0 radical (unpaired) electrons. The van der Waals surface area contributed by atoms with Crippen LogP contribution in [0.1, 0.15) is 23.0 Å². The van der Waals surface area contributed by atoms with Crippen molar-refractivity contribution in [3.05, 3.63) is 66.1 Å². The number of rotatable bonds is 2. The number of pyridine rings is 1. The van der Waals surface area contributed by atoms with Crippen LogP contribution in [0.3, 0.4) is 0 Å². The average Bonchev–Trinajstić information content (AvgIpc) is 3.06. The zero-order valence-electron chi connectivity index (χ0n) is 14.8. The molecule has 2 aromatic heterocycles. The van der Waals surface area contributed by atoms with Crippen LogP contribution in [0.25, 0.3) is 5.65 Å². The lowest BCUT2D eigenvalue weighted by molar-refractivity contribution is -0.121. The molecule has 6 nitrogen and oxygen atoms in total. The molecule has 132 valence electrons. The minimum Gasteiger partial charge on any atom is -0.326 e. The molecule has 3 heterocycles. The molecule has 0 bridgehead atoms. The third-order valence-electron chi connectivity index (χ3n) is 4.77. The Labute approximate surface area is 151 Å². The molecule has 1 unspecified atom stereocenters. The lowest BCUT2D eigenvalue weighted by Gasteiger charge is -2.39. The maximum atomic E-state index is 12.8. The van der Waals surface area contributed by atoms with Crippen LogP contribution in [-0.4, -0.2) is 45.2 Å². The number of carbonyl (C=O) groups is 2. The van der Waals surface area contributed by atoms with Gasteiger partial charge in [-0.25, -0.2) is 4.98 Å². The average molecular weight is 348 g/mol. The number of hydrogen-bond acceptors (Lipinski definition) is 3. The molecule has 1 aliphatic rings. The van der Waals surface area contributed by atoms with E-state index in [0.717, 1.165) is 11.3 Å². The Morgan fingerprint density at radius 2 is 1.92 bits per heavy atom. The Morgan fingerprint density at radius 3 is 2.65 bits per heavy atom. The second-order valence-electron chi connectivity index (χ2n) is 6.68. The van der Waals surface area contributed by atoms with E-state index in [0.29, 0.717) is 17.9 Å². The molecule has 0 spiro atoms. The molecule has 2 amide bonds. The summed E-state index contributed by atoms with van der Waals surface area (Å²) in [6.45, 7) is 4.50. The van der Waals surface area contributed by atoms with Crippen LogP contribution in [0.2, 0.25) is 0 Å². The van der Waals surface area contributed by atoms with E-state index in [-0.39, 0.29) is 24.4 Å². The lowest BCUT2D eigenvalue weighted by atomic mass is 10.1. The van der Waals surface area contributed by atoms with Gasteiger partial charge in [-0.3, -0.25) is 9.59 Å². The summed E-state index contributed by atoms with van der Waals surface area (Å²) in [6, 6.07) is 13.3. The number of para-hydroxylation sites is 1. The Kier molecular flexibility index (Phi) is 3.95. The van der Waals surface area contributed by atoms with Gasteiger partial charge in [0.25, 0.3) is 5.91 Å². The summed E-state index contributed by atoms with van der Waals surface area (Å²) in [4.78, 5) is 33.4. The lowest BCUT2D eigenvalue weighted by Crippen LogP contribution is -2.57. The van der Waals surface area contributed by atoms with E-state index in [1.165, 1.54) is 0 Å². The minimum absolute atomic E-state index is 0.0609. The molecule has 1 saturated heterocycles. The highest BCUT2D eigenvalue weighted by Gasteiger charge is 2.34. The first-order chi connectivity index (χ1) is 12.5. The number of fused-ring (bicyclic) bond motifs is 1. The number of imidazole rings is 1. The van der Waals surface area contributed by atoms with E-state index in [1.807, 2.05) is 66.9 Å². The topological polar surface area (TPSA) is 57.9 Å². The van der Waals surface area contributed by atoms with E-state index in [9.17, 15) is 9.59 Å². The number of carbonyl (C=O) groups excluding carboxylic acids is 2. The van der Waals surface area contributed by atoms with Crippen LogP contribution in [0.15, 0.2) is 54.9 Å². The largest absolute Gasteiger partial charge is 0.326 e. The standard InChI is InChI=1S/C20H20N4O2/c1-14-7-3-4-8-17(14)24-15(2)11-23(13-19(24)25)20(26)16-12-22-10-6-5-9-18(22)21-16/h3-10,12,15H,11,13H2,1-2H3. The summed E-state index contributed by atoms with van der Waals surface area (Å²) in [5.74, 6) is -0.284. The molecule has 1 atom stereocenters. The fourth-order valence-corrected chi connectivity index (χ4v) is 3.51. The SMILES string of the molecule is Cc1ccccc1N1C(=O)CN(C(=O)c2cn3ccccc3n2)CC1C. The van der Waals surface area contributed by atoms with Gasteiger partial charge >= 0.3 is 0 Å². The third kappa shape index (κ3) is 2.73. The molecule has 26 heavy (non-hydrogen) atoms. The fourth-order valence-electron chi connectivity index (χ4n) is 3.51. The molecule has 4 rings (SSSR count). The summed E-state index contributed by atoms with van der Waals surface area (Å²) in [6.07, 6.45) is 3.56. The van der Waals surface area contributed by atoms with Crippen molar-refractivity contribution in [2.24, 2.45) is 0 Å². The summed E-state index contributed by atoms with van der Waals surface area (Å²) in [5, 5.41) is 0. The first kappa shape index (κ1) is 16.3. The van der Waals surface area contributed by atoms with Crippen molar-refractivity contribution in [1.29, 1.82) is 0 Å². The molecule has 6 heteroatoms. The van der Waals surface area contributed by atoms with Crippen molar-refractivity contribution in [3.8, 4) is 0 Å². The van der Waals surface area contributed by atoms with E-state index >= 15 is 0 Å².